The van der Waals surface area contributed by atoms with Crippen molar-refractivity contribution in [1.29, 1.82) is 0 Å². The summed E-state index contributed by atoms with van der Waals surface area (Å²) >= 11 is 1.29. The molecule has 4 amide bonds. The molecule has 9 rings (SSSR count). The van der Waals surface area contributed by atoms with Gasteiger partial charge in [0.2, 0.25) is 17.6 Å². The number of piperidine rings is 1. The van der Waals surface area contributed by atoms with Gasteiger partial charge in [0.25, 0.3) is 5.91 Å². The molecule has 5 heterocycles. The maximum atomic E-state index is 14.5. The van der Waals surface area contributed by atoms with Gasteiger partial charge in [0.1, 0.15) is 40.8 Å². The molecule has 0 spiro atoms. The number of likely N-dealkylation sites (N-methyl/N-ethyl adjacent to an activating group) is 1. The third kappa shape index (κ3) is 18.9. The van der Waals surface area contributed by atoms with Crippen molar-refractivity contribution in [2.75, 3.05) is 78.7 Å². The molecule has 4 N–H and O–H groups in total. The van der Waals surface area contributed by atoms with Gasteiger partial charge >= 0.3 is 6.09 Å². The largest absolute Gasteiger partial charge is 0.494 e. The Morgan fingerprint density at radius 3 is 2.21 bits per heavy atom. The number of benzene rings is 3. The van der Waals surface area contributed by atoms with Crippen molar-refractivity contribution in [3.05, 3.63) is 136 Å². The molecule has 4 atom stereocenters. The minimum Gasteiger partial charge on any atom is -0.494 e. The predicted molar refractivity (Wildman–Crippen MR) is 349 cm³/mol. The number of aromatic nitrogens is 5. The number of unbranched alkanes of at least 4 members (excludes halogenated alkanes) is 2. The summed E-state index contributed by atoms with van der Waals surface area (Å²) in [6.45, 7) is 14.2. The topological polar surface area (TPSA) is 245 Å². The van der Waals surface area contributed by atoms with E-state index in [0.717, 1.165) is 119 Å². The lowest BCUT2D eigenvalue weighted by molar-refractivity contribution is -0.140. The van der Waals surface area contributed by atoms with Crippen molar-refractivity contribution in [2.24, 2.45) is 5.92 Å². The summed E-state index contributed by atoms with van der Waals surface area (Å²) < 4.78 is 29.3. The fourth-order valence-corrected chi connectivity index (χ4v) is 12.8. The van der Waals surface area contributed by atoms with Crippen LogP contribution in [-0.4, -0.2) is 161 Å². The summed E-state index contributed by atoms with van der Waals surface area (Å²) in [7, 11) is 3.65. The van der Waals surface area contributed by atoms with E-state index >= 15 is 0 Å². The molecular weight excluding hydrogens is 1170 g/mol. The van der Waals surface area contributed by atoms with Gasteiger partial charge in [-0.3, -0.25) is 29.1 Å². The quantitative estimate of drug-likeness (QED) is 0.0242. The van der Waals surface area contributed by atoms with E-state index in [9.17, 15) is 24.0 Å². The van der Waals surface area contributed by atoms with Crippen molar-refractivity contribution >= 4 is 46.6 Å². The van der Waals surface area contributed by atoms with Gasteiger partial charge in [0, 0.05) is 87.5 Å². The molecule has 3 fully saturated rings. The Bertz CT molecular complexity index is 3340. The fraction of sp³-hybridized carbons (Fsp3) is 0.522. The molecule has 1 saturated carbocycles. The van der Waals surface area contributed by atoms with Crippen molar-refractivity contribution in [3.8, 4) is 22.9 Å². The molecule has 91 heavy (non-hydrogen) atoms. The van der Waals surface area contributed by atoms with Crippen LogP contribution in [0.5, 0.6) is 11.5 Å². The van der Waals surface area contributed by atoms with Crippen LogP contribution < -0.4 is 25.4 Å². The Labute approximate surface area is 539 Å². The second kappa shape index (κ2) is 32.5. The zero-order chi connectivity index (χ0) is 64.3. The average Bonchev–Trinajstić information content (AvgIpc) is 1.81. The maximum Gasteiger partial charge on any atom is 0.410 e. The van der Waals surface area contributed by atoms with Crippen LogP contribution in [-0.2, 0) is 29.3 Å². The van der Waals surface area contributed by atoms with Gasteiger partial charge in [-0.2, -0.15) is 0 Å². The third-order valence-electron chi connectivity index (χ3n) is 17.2. The number of carbonyl (C=O) groups excluding carboxylic acids is 5. The highest BCUT2D eigenvalue weighted by Gasteiger charge is 2.42. The van der Waals surface area contributed by atoms with Crippen LogP contribution in [0.4, 0.5) is 10.5 Å². The summed E-state index contributed by atoms with van der Waals surface area (Å²) in [5.41, 5.74) is 2.50. The highest BCUT2D eigenvalue weighted by atomic mass is 32.1. The first-order chi connectivity index (χ1) is 43.9. The molecule has 22 heteroatoms. The van der Waals surface area contributed by atoms with Crippen molar-refractivity contribution < 1.29 is 47.7 Å². The minimum absolute atomic E-state index is 0.0343. The Morgan fingerprint density at radius 2 is 1.44 bits per heavy atom. The van der Waals surface area contributed by atoms with E-state index in [4.69, 9.17) is 23.7 Å². The van der Waals surface area contributed by atoms with Crippen LogP contribution in [0.1, 0.15) is 172 Å². The monoisotopic (exact) mass is 1270 g/mol. The van der Waals surface area contributed by atoms with E-state index in [1.54, 1.807) is 64.5 Å². The number of H-pyrrole nitrogens is 1. The first-order valence-electron chi connectivity index (χ1n) is 32.3. The number of nitrogens with zero attached hydrogens (tertiary/aromatic N) is 7. The smallest absolute Gasteiger partial charge is 0.410 e. The number of hydrogen-bond acceptors (Lipinski definition) is 17. The molecule has 1 aliphatic carbocycles. The molecule has 488 valence electrons. The normalized spacial score (nSPS) is 17.1. The molecule has 0 unspecified atom stereocenters. The number of nitrogens with one attached hydrogen (secondary N) is 4. The van der Waals surface area contributed by atoms with Gasteiger partial charge in [0.05, 0.1) is 35.7 Å². The van der Waals surface area contributed by atoms with Crippen molar-refractivity contribution in [1.82, 2.24) is 50.5 Å². The molecule has 3 aliphatic rings. The number of ether oxygens (including phenoxy) is 5. The first kappa shape index (κ1) is 67.6. The molecule has 0 radical (unpaired) electrons. The number of likely N-dealkylation sites (tertiary alicyclic amines) is 2. The summed E-state index contributed by atoms with van der Waals surface area (Å²) in [5, 5.41) is 19.8. The average molecular weight is 1270 g/mol. The highest BCUT2D eigenvalue weighted by Crippen LogP contribution is 2.39. The summed E-state index contributed by atoms with van der Waals surface area (Å²) in [6.07, 6.45) is 15.7. The molecule has 3 aromatic heterocycles. The molecular formula is C69H91N11O10S. The number of hydrogen-bond donors (Lipinski definition) is 4. The predicted octanol–water partition coefficient (Wildman–Crippen LogP) is 11.1. The van der Waals surface area contributed by atoms with Crippen molar-refractivity contribution in [2.45, 2.75) is 153 Å². The number of ketones is 1. The van der Waals surface area contributed by atoms with Crippen LogP contribution in [0.2, 0.25) is 0 Å². The van der Waals surface area contributed by atoms with E-state index in [1.807, 2.05) is 78.6 Å². The maximum absolute atomic E-state index is 14.5. The Hall–Kier alpha value is -7.79. The fourth-order valence-electron chi connectivity index (χ4n) is 11.8. The number of amides is 4. The van der Waals surface area contributed by atoms with E-state index < -0.39 is 35.2 Å². The van der Waals surface area contributed by atoms with E-state index in [2.05, 4.69) is 53.0 Å². The molecule has 6 aromatic rings. The summed E-state index contributed by atoms with van der Waals surface area (Å²) in [5.74, 6) is 1.80. The van der Waals surface area contributed by atoms with Gasteiger partial charge < -0.3 is 54.4 Å². The standard InChI is InChI=1S/C69H91N11O10S/c1-47(72-63(83)53-23-14-24-54(43-53)75-69(30-35-78(6)36-31-69)66-74-61(76-77-66)50-28-32-70-33-29-50)51-21-15-25-55(44-51)88-40-13-9-12-37-86-38-18-39-87-41-42-89-56-26-16-22-52(45-56)60(81)58-46-71-64(91-58)57-27-17-34-80(57)65(84)59(49-19-10-8-11-20-49)73-62(82)48(2)79(7)67(85)90-68(3,4)5/h14-16,21-26,28-29,32-33,43-49,57,59,75H,8-13,17-20,27,30-31,34-42H2,1-7H3,(H,72,83)(H,73,82)(H,74,76,77)/t47-,48+,57+,59+/m1/s1. The van der Waals surface area contributed by atoms with Gasteiger partial charge in [0.15, 0.2) is 11.6 Å². The number of anilines is 1. The van der Waals surface area contributed by atoms with Crippen molar-refractivity contribution in [3.63, 3.8) is 0 Å². The minimum atomic E-state index is -0.862. The molecule has 21 nitrogen and oxygen atoms in total. The summed E-state index contributed by atoms with van der Waals surface area (Å²) in [4.78, 5) is 86.7. The van der Waals surface area contributed by atoms with E-state index in [1.165, 1.54) is 23.3 Å². The third-order valence-corrected chi connectivity index (χ3v) is 18.3. The molecule has 0 bridgehead atoms. The van der Waals surface area contributed by atoms with Crippen LogP contribution in [0.25, 0.3) is 11.4 Å². The zero-order valence-corrected chi connectivity index (χ0v) is 54.7. The summed E-state index contributed by atoms with van der Waals surface area (Å²) in [6, 6.07) is 24.2. The number of carbonyl (C=O) groups is 5. The van der Waals surface area contributed by atoms with Gasteiger partial charge in [-0.25, -0.2) is 9.78 Å². The Kier molecular flexibility index (Phi) is 24.1. The second-order valence-corrected chi connectivity index (χ2v) is 26.3. The highest BCUT2D eigenvalue weighted by molar-refractivity contribution is 7.14. The van der Waals surface area contributed by atoms with E-state index in [0.29, 0.717) is 85.2 Å². The molecule has 2 aliphatic heterocycles. The number of pyridine rings is 1. The zero-order valence-electron chi connectivity index (χ0n) is 53.9. The SMILES string of the molecule is C[C@@H](NC(=O)c1cccc(NC2(c3nnc(-c4ccncc4)[nH]3)CCN(C)CC2)c1)c1cccc(OCCCCCOCCCOCCOc2cccc(C(=O)c3cnc([C@@H]4CCCN4C(=O)[C@@H](NC(=O)[C@H](C)N(C)C(=O)OC(C)(C)C)C4CCCCC4)s3)c2)c1. The van der Waals surface area contributed by atoms with Crippen LogP contribution in [0, 0.1) is 5.92 Å². The Morgan fingerprint density at radius 1 is 0.747 bits per heavy atom. The lowest BCUT2D eigenvalue weighted by Crippen LogP contribution is -2.56. The van der Waals surface area contributed by atoms with Gasteiger partial charge in [-0.1, -0.05) is 49.6 Å². The number of aromatic amines is 1. The van der Waals surface area contributed by atoms with Gasteiger partial charge in [-0.15, -0.1) is 21.5 Å². The number of rotatable bonds is 30. The van der Waals surface area contributed by atoms with Gasteiger partial charge in [-0.05, 0) is 172 Å². The molecule has 3 aromatic carbocycles. The van der Waals surface area contributed by atoms with Crippen LogP contribution in [0.15, 0.2) is 104 Å². The van der Waals surface area contributed by atoms with Crippen LogP contribution in [0.3, 0.4) is 0 Å². The van der Waals surface area contributed by atoms with Crippen LogP contribution >= 0.6 is 11.3 Å². The Balaban J connectivity index is 0.636. The number of thiazole rings is 1. The second-order valence-electron chi connectivity index (χ2n) is 25.2. The first-order valence-corrected chi connectivity index (χ1v) is 33.1. The van der Waals surface area contributed by atoms with E-state index in [-0.39, 0.29) is 35.6 Å². The lowest BCUT2D eigenvalue weighted by Gasteiger charge is -2.40. The lowest BCUT2D eigenvalue weighted by atomic mass is 9.83. The molecule has 2 saturated heterocycles.